The van der Waals surface area contributed by atoms with Gasteiger partial charge >= 0.3 is 0 Å². The van der Waals surface area contributed by atoms with Crippen molar-refractivity contribution in [3.8, 4) is 6.07 Å². The monoisotopic (exact) mass is 149 g/mol. The molecule has 0 aromatic heterocycles. The van der Waals surface area contributed by atoms with E-state index in [-0.39, 0.29) is 6.15 Å². The fraction of sp³-hybridized carbons (Fsp3) is 0.125. The molecule has 3 nitrogen and oxygen atoms in total. The molecule has 0 bridgehead atoms. The number of nitriles is 1. The molecule has 5 N–H and O–H groups in total. The Hall–Kier alpha value is -1.37. The number of nitrogens with zero attached hydrogens (tertiary/aromatic N) is 1. The molecule has 0 amide bonds. The van der Waals surface area contributed by atoms with E-state index in [1.54, 1.807) is 12.1 Å². The van der Waals surface area contributed by atoms with Gasteiger partial charge < -0.3 is 11.9 Å². The first-order valence-corrected chi connectivity index (χ1v) is 3.06. The number of nitrogens with two attached hydrogens (primary N) is 1. The zero-order valence-electron chi connectivity index (χ0n) is 6.25. The summed E-state index contributed by atoms with van der Waals surface area (Å²) in [6, 6.07) is 9.29. The molecule has 0 unspecified atom stereocenters. The first-order chi connectivity index (χ1) is 4.86. The molecule has 0 aliphatic heterocycles. The maximum absolute atomic E-state index is 8.42. The van der Waals surface area contributed by atoms with Crippen LogP contribution in [0.15, 0.2) is 24.3 Å². The Kier molecular flexibility index (Phi) is 3.89. The Bertz CT molecular complexity index is 245. The lowest BCUT2D eigenvalue weighted by molar-refractivity contribution is 1.07. The molecule has 1 aromatic rings. The molecule has 0 spiro atoms. The third kappa shape index (κ3) is 2.38. The summed E-state index contributed by atoms with van der Waals surface area (Å²) in [4.78, 5) is 0. The molecule has 11 heavy (non-hydrogen) atoms. The molecule has 0 saturated carbocycles. The third-order valence-electron chi connectivity index (χ3n) is 1.32. The van der Waals surface area contributed by atoms with E-state index in [9.17, 15) is 0 Å². The van der Waals surface area contributed by atoms with E-state index in [0.29, 0.717) is 12.1 Å². The van der Waals surface area contributed by atoms with Crippen molar-refractivity contribution in [1.29, 1.82) is 5.26 Å². The van der Waals surface area contributed by atoms with Crippen molar-refractivity contribution < 1.29 is 0 Å². The van der Waals surface area contributed by atoms with Gasteiger partial charge in [-0.3, -0.25) is 0 Å². The lowest BCUT2D eigenvalue weighted by Crippen LogP contribution is -1.94. The first-order valence-electron chi connectivity index (χ1n) is 3.06. The lowest BCUT2D eigenvalue weighted by atomic mass is 10.1. The van der Waals surface area contributed by atoms with E-state index in [0.717, 1.165) is 5.56 Å². The highest BCUT2D eigenvalue weighted by molar-refractivity contribution is 5.31. The largest absolute Gasteiger partial charge is 0.344 e. The van der Waals surface area contributed by atoms with Crippen molar-refractivity contribution in [3.63, 3.8) is 0 Å². The second kappa shape index (κ2) is 4.45. The molecule has 1 aromatic carbocycles. The second-order valence-corrected chi connectivity index (χ2v) is 2.01. The molecule has 0 saturated heterocycles. The second-order valence-electron chi connectivity index (χ2n) is 2.01. The van der Waals surface area contributed by atoms with Crippen molar-refractivity contribution in [2.75, 3.05) is 0 Å². The van der Waals surface area contributed by atoms with Gasteiger partial charge in [-0.1, -0.05) is 12.1 Å². The van der Waals surface area contributed by atoms with Gasteiger partial charge in [-0.05, 0) is 17.7 Å². The quantitative estimate of drug-likeness (QED) is 0.628. The van der Waals surface area contributed by atoms with Crippen LogP contribution in [0.2, 0.25) is 0 Å². The Labute approximate surface area is 66.0 Å². The van der Waals surface area contributed by atoms with Crippen LogP contribution in [0.5, 0.6) is 0 Å². The number of hydrogen-bond donors (Lipinski definition) is 2. The summed E-state index contributed by atoms with van der Waals surface area (Å²) < 4.78 is 0. The average Bonchev–Trinajstić information content (AvgIpc) is 2.05. The van der Waals surface area contributed by atoms with Gasteiger partial charge in [0.05, 0.1) is 11.6 Å². The van der Waals surface area contributed by atoms with Gasteiger partial charge in [-0.15, -0.1) is 0 Å². The van der Waals surface area contributed by atoms with E-state index in [1.165, 1.54) is 0 Å². The lowest BCUT2D eigenvalue weighted by Gasteiger charge is -1.93. The molecule has 1 rings (SSSR count). The van der Waals surface area contributed by atoms with E-state index >= 15 is 0 Å². The van der Waals surface area contributed by atoms with Crippen molar-refractivity contribution >= 4 is 0 Å². The fourth-order valence-corrected chi connectivity index (χ4v) is 0.715. The smallest absolute Gasteiger partial charge is 0.0991 e. The zero-order chi connectivity index (χ0) is 7.40. The summed E-state index contributed by atoms with van der Waals surface area (Å²) in [7, 11) is 0. The molecule has 0 aliphatic rings. The minimum atomic E-state index is 0. The van der Waals surface area contributed by atoms with Gasteiger partial charge in [-0.25, -0.2) is 0 Å². The standard InChI is InChI=1S/C8H8N2.H3N/c9-5-7-1-2-8(6-10)4-3-7;/h1-4H,5,9H2;1H3. The average molecular weight is 149 g/mol. The van der Waals surface area contributed by atoms with Crippen LogP contribution in [0, 0.1) is 11.3 Å². The minimum absolute atomic E-state index is 0. The summed E-state index contributed by atoms with van der Waals surface area (Å²) in [6.45, 7) is 0.533. The first kappa shape index (κ1) is 9.63. The van der Waals surface area contributed by atoms with Crippen molar-refractivity contribution in [2.45, 2.75) is 6.54 Å². The van der Waals surface area contributed by atoms with E-state index in [4.69, 9.17) is 11.0 Å². The molecule has 0 radical (unpaired) electrons. The zero-order valence-corrected chi connectivity index (χ0v) is 6.25. The number of rotatable bonds is 1. The van der Waals surface area contributed by atoms with Gasteiger partial charge in [0.2, 0.25) is 0 Å². The molecule has 0 atom stereocenters. The van der Waals surface area contributed by atoms with Crippen LogP contribution in [0.25, 0.3) is 0 Å². The highest BCUT2D eigenvalue weighted by Gasteiger charge is 1.88. The van der Waals surface area contributed by atoms with E-state index in [2.05, 4.69) is 0 Å². The number of benzene rings is 1. The van der Waals surface area contributed by atoms with Crippen LogP contribution in [-0.4, -0.2) is 0 Å². The molecule has 0 heterocycles. The maximum Gasteiger partial charge on any atom is 0.0991 e. The van der Waals surface area contributed by atoms with E-state index in [1.807, 2.05) is 18.2 Å². The topological polar surface area (TPSA) is 84.8 Å². The third-order valence-corrected chi connectivity index (χ3v) is 1.32. The predicted molar refractivity (Wildman–Crippen MR) is 44.1 cm³/mol. The Morgan fingerprint density at radius 2 is 1.82 bits per heavy atom. The van der Waals surface area contributed by atoms with Gasteiger partial charge in [0.25, 0.3) is 0 Å². The summed E-state index contributed by atoms with van der Waals surface area (Å²) in [5, 5.41) is 8.42. The van der Waals surface area contributed by atoms with Crippen LogP contribution in [0.3, 0.4) is 0 Å². The fourth-order valence-electron chi connectivity index (χ4n) is 0.715. The number of hydrogen-bond acceptors (Lipinski definition) is 3. The highest BCUT2D eigenvalue weighted by Crippen LogP contribution is 2.01. The summed E-state index contributed by atoms with van der Waals surface area (Å²) in [5.41, 5.74) is 7.09. The SMILES string of the molecule is N.N#Cc1ccc(CN)cc1. The van der Waals surface area contributed by atoms with Crippen LogP contribution in [-0.2, 0) is 6.54 Å². The maximum atomic E-state index is 8.42. The van der Waals surface area contributed by atoms with Gasteiger partial charge in [0.1, 0.15) is 0 Å². The molecular formula is C8H11N3. The van der Waals surface area contributed by atoms with Crippen LogP contribution < -0.4 is 11.9 Å². The van der Waals surface area contributed by atoms with Gasteiger partial charge in [-0.2, -0.15) is 5.26 Å². The van der Waals surface area contributed by atoms with Crippen molar-refractivity contribution in [3.05, 3.63) is 35.4 Å². The molecule has 3 heteroatoms. The van der Waals surface area contributed by atoms with Crippen LogP contribution in [0.4, 0.5) is 0 Å². The normalized spacial score (nSPS) is 8.00. The minimum Gasteiger partial charge on any atom is -0.344 e. The summed E-state index contributed by atoms with van der Waals surface area (Å²) >= 11 is 0. The van der Waals surface area contributed by atoms with Crippen molar-refractivity contribution in [2.24, 2.45) is 5.73 Å². The summed E-state index contributed by atoms with van der Waals surface area (Å²) in [6.07, 6.45) is 0. The van der Waals surface area contributed by atoms with Gasteiger partial charge in [0, 0.05) is 6.54 Å². The summed E-state index contributed by atoms with van der Waals surface area (Å²) in [5.74, 6) is 0. The van der Waals surface area contributed by atoms with Gasteiger partial charge in [0.15, 0.2) is 0 Å². The molecule has 0 fully saturated rings. The molecule has 0 aliphatic carbocycles. The Morgan fingerprint density at radius 1 is 1.27 bits per heavy atom. The highest BCUT2D eigenvalue weighted by atomic mass is 14.5. The van der Waals surface area contributed by atoms with Crippen molar-refractivity contribution in [1.82, 2.24) is 6.15 Å². The Morgan fingerprint density at radius 3 is 2.18 bits per heavy atom. The predicted octanol–water partition coefficient (Wildman–Crippen LogP) is 1.18. The van der Waals surface area contributed by atoms with Crippen LogP contribution in [0.1, 0.15) is 11.1 Å². The van der Waals surface area contributed by atoms with E-state index < -0.39 is 0 Å². The molecule has 58 valence electrons. The van der Waals surface area contributed by atoms with Crippen LogP contribution >= 0.6 is 0 Å². The Balaban J connectivity index is 0.000001000. The molecular weight excluding hydrogens is 138 g/mol.